The number of hydrogen-bond acceptors (Lipinski definition) is 7. The summed E-state index contributed by atoms with van der Waals surface area (Å²) >= 11 is 0. The zero-order valence-corrected chi connectivity index (χ0v) is 18.8. The average Bonchev–Trinajstić information content (AvgIpc) is 3.33. The molecule has 1 aromatic heterocycles. The quantitative estimate of drug-likeness (QED) is 0.455. The number of likely N-dealkylation sites (tertiary alicyclic amines) is 1. The standard InChI is InChI=1S/C19H29FN6O4S/c1-18(2)14(11-25-7-6-23-24-25)4-5-19(18,3)22-10-17(27)26(13-31(28,29)30)12-15(20)8-16(26)9-21/h6-7,14-16,22H,4-5,8,10-13H2,1-3H3/p+1/t14-,15-,16-,19-,26?/m0/s1. The Hall–Kier alpha value is -1.94. The van der Waals surface area contributed by atoms with Crippen LogP contribution in [-0.2, 0) is 21.5 Å². The van der Waals surface area contributed by atoms with E-state index in [9.17, 15) is 27.4 Å². The van der Waals surface area contributed by atoms with Crippen LogP contribution in [0.1, 0.15) is 40.0 Å². The summed E-state index contributed by atoms with van der Waals surface area (Å²) in [4.78, 5) is 13.2. The molecule has 2 N–H and O–H groups in total. The van der Waals surface area contributed by atoms with E-state index in [0.717, 1.165) is 12.8 Å². The third kappa shape index (κ3) is 4.50. The maximum atomic E-state index is 14.1. The molecule has 0 aromatic carbocycles. The predicted molar refractivity (Wildman–Crippen MR) is 108 cm³/mol. The summed E-state index contributed by atoms with van der Waals surface area (Å²) in [5, 5.41) is 20.6. The van der Waals surface area contributed by atoms with Crippen LogP contribution in [0.4, 0.5) is 4.39 Å². The highest BCUT2D eigenvalue weighted by Crippen LogP contribution is 2.50. The van der Waals surface area contributed by atoms with Crippen LogP contribution < -0.4 is 5.32 Å². The Morgan fingerprint density at radius 2 is 2.16 bits per heavy atom. The van der Waals surface area contributed by atoms with Crippen molar-refractivity contribution in [1.82, 2.24) is 20.3 Å². The summed E-state index contributed by atoms with van der Waals surface area (Å²) < 4.78 is 47.6. The number of amides is 1. The molecule has 0 radical (unpaired) electrons. The Morgan fingerprint density at radius 3 is 2.74 bits per heavy atom. The number of alkyl halides is 1. The van der Waals surface area contributed by atoms with E-state index in [1.165, 1.54) is 0 Å². The van der Waals surface area contributed by atoms with Gasteiger partial charge in [-0.1, -0.05) is 19.1 Å². The molecule has 1 amide bonds. The first-order valence-electron chi connectivity index (χ1n) is 10.3. The maximum absolute atomic E-state index is 14.1. The fraction of sp³-hybridized carbons (Fsp3) is 0.789. The first-order chi connectivity index (χ1) is 14.3. The molecular formula is C19H30FN6O4S+. The molecule has 2 fully saturated rings. The highest BCUT2D eigenvalue weighted by atomic mass is 32.2. The molecule has 1 unspecified atom stereocenters. The second-order valence-corrected chi connectivity index (χ2v) is 11.0. The van der Waals surface area contributed by atoms with Gasteiger partial charge >= 0.3 is 16.0 Å². The highest BCUT2D eigenvalue weighted by Gasteiger charge is 2.56. The lowest BCUT2D eigenvalue weighted by Gasteiger charge is -2.43. The first kappa shape index (κ1) is 23.7. The van der Waals surface area contributed by atoms with E-state index in [4.69, 9.17) is 0 Å². The van der Waals surface area contributed by atoms with Crippen molar-refractivity contribution in [2.24, 2.45) is 11.3 Å². The maximum Gasteiger partial charge on any atom is 0.329 e. The summed E-state index contributed by atoms with van der Waals surface area (Å²) in [5.41, 5.74) is -0.692. The van der Waals surface area contributed by atoms with E-state index in [1.807, 2.05) is 13.0 Å². The molecule has 1 aliphatic heterocycles. The average molecular weight is 458 g/mol. The third-order valence-corrected chi connectivity index (χ3v) is 8.37. The highest BCUT2D eigenvalue weighted by molar-refractivity contribution is 7.85. The third-order valence-electron chi connectivity index (χ3n) is 7.58. The molecule has 1 saturated heterocycles. The van der Waals surface area contributed by atoms with E-state index in [0.29, 0.717) is 6.54 Å². The van der Waals surface area contributed by atoms with Gasteiger partial charge in [-0.25, -0.2) is 13.7 Å². The molecule has 1 aromatic rings. The largest absolute Gasteiger partial charge is 0.329 e. The van der Waals surface area contributed by atoms with Gasteiger partial charge in [-0.15, -0.1) is 5.10 Å². The molecule has 10 nitrogen and oxygen atoms in total. The molecule has 31 heavy (non-hydrogen) atoms. The van der Waals surface area contributed by atoms with Crippen LogP contribution in [0.25, 0.3) is 0 Å². The van der Waals surface area contributed by atoms with Crippen LogP contribution in [0.3, 0.4) is 0 Å². The lowest BCUT2D eigenvalue weighted by atomic mass is 9.71. The zero-order chi connectivity index (χ0) is 23.1. The molecule has 0 bridgehead atoms. The van der Waals surface area contributed by atoms with Crippen molar-refractivity contribution >= 4 is 16.0 Å². The van der Waals surface area contributed by atoms with Gasteiger partial charge in [0.1, 0.15) is 19.2 Å². The predicted octanol–water partition coefficient (Wildman–Crippen LogP) is 0.885. The number of carbonyl (C=O) groups excluding carboxylic acids is 1. The summed E-state index contributed by atoms with van der Waals surface area (Å²) in [5.74, 6) is -1.35. The summed E-state index contributed by atoms with van der Waals surface area (Å²) in [6.07, 6.45) is 3.37. The van der Waals surface area contributed by atoms with Crippen LogP contribution in [0, 0.1) is 22.7 Å². The number of hydrogen-bond donors (Lipinski definition) is 2. The van der Waals surface area contributed by atoms with Crippen molar-refractivity contribution in [2.75, 3.05) is 19.0 Å². The molecule has 3 rings (SSSR count). The summed E-state index contributed by atoms with van der Waals surface area (Å²) in [6, 6.07) is 0.710. The first-order valence-corrected chi connectivity index (χ1v) is 11.9. The Bertz CT molecular complexity index is 963. The van der Waals surface area contributed by atoms with Gasteiger partial charge in [-0.2, -0.15) is 13.7 Å². The smallest absolute Gasteiger partial charge is 0.299 e. The number of nitriles is 1. The molecule has 2 heterocycles. The molecule has 1 aliphatic carbocycles. The van der Waals surface area contributed by atoms with Gasteiger partial charge in [0.05, 0.1) is 12.6 Å². The zero-order valence-electron chi connectivity index (χ0n) is 18.0. The number of carbonyl (C=O) groups is 1. The molecule has 172 valence electrons. The minimum atomic E-state index is -4.60. The molecule has 12 heteroatoms. The molecular weight excluding hydrogens is 427 g/mol. The fourth-order valence-corrected chi connectivity index (χ4v) is 6.17. The molecule has 2 aliphatic rings. The van der Waals surface area contributed by atoms with Gasteiger partial charge < -0.3 is 0 Å². The number of quaternary nitrogens is 1. The minimum Gasteiger partial charge on any atom is -0.299 e. The summed E-state index contributed by atoms with van der Waals surface area (Å²) in [6.45, 7) is 6.24. The number of rotatable bonds is 7. The van der Waals surface area contributed by atoms with Crippen molar-refractivity contribution in [3.63, 3.8) is 0 Å². The number of aromatic nitrogens is 3. The number of halogens is 1. The molecule has 5 atom stereocenters. The van der Waals surface area contributed by atoms with Crippen LogP contribution >= 0.6 is 0 Å². The fourth-order valence-electron chi connectivity index (χ4n) is 5.16. The topological polar surface area (TPSA) is 138 Å². The second-order valence-electron chi connectivity index (χ2n) is 9.57. The van der Waals surface area contributed by atoms with Crippen LogP contribution in [0.15, 0.2) is 12.4 Å². The minimum absolute atomic E-state index is 0.226. The van der Waals surface area contributed by atoms with Gasteiger partial charge in [-0.3, -0.25) is 14.6 Å². The molecule has 1 saturated carbocycles. The van der Waals surface area contributed by atoms with Crippen LogP contribution in [-0.4, -0.2) is 75.1 Å². The van der Waals surface area contributed by atoms with Crippen molar-refractivity contribution < 1.29 is 26.6 Å². The Morgan fingerprint density at radius 1 is 1.45 bits per heavy atom. The van der Waals surface area contributed by atoms with Crippen molar-refractivity contribution in [3.05, 3.63) is 12.4 Å². The second kappa shape index (κ2) is 8.20. The van der Waals surface area contributed by atoms with Crippen molar-refractivity contribution in [1.29, 1.82) is 5.26 Å². The van der Waals surface area contributed by atoms with Crippen molar-refractivity contribution in [3.8, 4) is 6.07 Å². The van der Waals surface area contributed by atoms with Gasteiger partial charge in [0, 0.05) is 18.3 Å². The van der Waals surface area contributed by atoms with E-state index in [2.05, 4.69) is 29.5 Å². The SMILES string of the molecule is CC1(C)[C@H](Cn2ccnn2)CC[C@]1(C)NCC(=O)[N+]1(CS(=O)(=O)O)C[C@@H](F)C[C@H]1C#N. The van der Waals surface area contributed by atoms with E-state index in [-0.39, 0.29) is 24.3 Å². The lowest BCUT2D eigenvalue weighted by molar-refractivity contribution is -0.847. The lowest BCUT2D eigenvalue weighted by Crippen LogP contribution is -2.63. The van der Waals surface area contributed by atoms with Gasteiger partial charge in [0.25, 0.3) is 0 Å². The van der Waals surface area contributed by atoms with E-state index < -0.39 is 50.7 Å². The van der Waals surface area contributed by atoms with Crippen LogP contribution in [0.2, 0.25) is 0 Å². The normalized spacial score (nSPS) is 35.2. The Balaban J connectivity index is 1.76. The Labute approximate surface area is 181 Å². The van der Waals surface area contributed by atoms with Crippen LogP contribution in [0.5, 0.6) is 0 Å². The Kier molecular flexibility index (Phi) is 6.27. The summed E-state index contributed by atoms with van der Waals surface area (Å²) in [7, 11) is -4.60. The van der Waals surface area contributed by atoms with Gasteiger partial charge in [-0.05, 0) is 31.1 Å². The number of nitrogens with one attached hydrogen (secondary N) is 1. The van der Waals surface area contributed by atoms with Gasteiger partial charge in [0.2, 0.25) is 5.88 Å². The van der Waals surface area contributed by atoms with Crippen molar-refractivity contribution in [2.45, 2.75) is 64.3 Å². The van der Waals surface area contributed by atoms with Gasteiger partial charge in [0.15, 0.2) is 12.2 Å². The molecule has 0 spiro atoms. The van der Waals surface area contributed by atoms with E-state index >= 15 is 0 Å². The van der Waals surface area contributed by atoms with E-state index in [1.54, 1.807) is 17.1 Å². The number of nitrogens with zero attached hydrogens (tertiary/aromatic N) is 5. The monoisotopic (exact) mass is 457 g/mol.